The van der Waals surface area contributed by atoms with Gasteiger partial charge in [-0.1, -0.05) is 0 Å². The second-order valence-corrected chi connectivity index (χ2v) is 8.04. The number of hydrogen-bond acceptors (Lipinski definition) is 5. The Bertz CT molecular complexity index is 960. The molecule has 0 spiro atoms. The fraction of sp³-hybridized carbons (Fsp3) is 0.381. The molecule has 2 aromatic rings. The van der Waals surface area contributed by atoms with Crippen molar-refractivity contribution >= 4 is 16.4 Å². The predicted octanol–water partition coefficient (Wildman–Crippen LogP) is 1.85. The van der Waals surface area contributed by atoms with Crippen LogP contribution in [0.4, 0.5) is 10.2 Å². The van der Waals surface area contributed by atoms with Crippen LogP contribution in [0.2, 0.25) is 0 Å². The molecule has 2 aromatic heterocycles. The monoisotopic (exact) mass is 436 g/mol. The number of nitrogens with one attached hydrogen (secondary N) is 1. The first-order valence-corrected chi connectivity index (χ1v) is 10.5. The molecule has 0 bridgehead atoms. The van der Waals surface area contributed by atoms with Crippen LogP contribution in [0.15, 0.2) is 42.9 Å². The minimum absolute atomic E-state index is 0.453. The van der Waals surface area contributed by atoms with Crippen molar-refractivity contribution in [2.75, 3.05) is 31.1 Å². The number of likely N-dealkylation sites (tertiary alicyclic amines) is 1. The van der Waals surface area contributed by atoms with Gasteiger partial charge in [0.25, 0.3) is 0 Å². The Labute approximate surface area is 177 Å². The molecule has 3 aliphatic heterocycles. The van der Waals surface area contributed by atoms with E-state index in [2.05, 4.69) is 35.1 Å². The normalized spacial score (nSPS) is 22.4. The standard InChI is InChI=1S/C21H23FN6.Ni/c1-2-3-15-8-23-9-16-11-28(25-21(15)16)18-4-5-20(24-10-18)27-13-19(14-27)26-7-6-17(22)12-26;/h1-5,8,10-11,17,19,23H,6-7,9,12-14H2;/b3-2-;. The Balaban J connectivity index is 1.27. The molecular weight excluding hydrogens is 414 g/mol. The summed E-state index contributed by atoms with van der Waals surface area (Å²) in [6, 6.07) is 4.54. The summed E-state index contributed by atoms with van der Waals surface area (Å²) < 4.78 is 15.3. The second-order valence-electron chi connectivity index (χ2n) is 7.71. The van der Waals surface area contributed by atoms with Gasteiger partial charge in [-0.25, -0.2) is 4.39 Å². The zero-order valence-electron chi connectivity index (χ0n) is 15.9. The number of allylic oxidation sites excluding steroid dienone is 3. The number of hydrogen-bond donors (Lipinski definition) is 1. The SMILES string of the molecule is FC1CCN(C2CN(c3ccc(-n4cc5c(n4)C(/C=C\[CH]=[Ni])=CNC5)cn3)C2)C1. The summed E-state index contributed by atoms with van der Waals surface area (Å²) in [7, 11) is 0. The zero-order chi connectivity index (χ0) is 19.8. The molecule has 0 amide bonds. The first kappa shape index (κ1) is 18.7. The fourth-order valence-corrected chi connectivity index (χ4v) is 4.26. The topological polar surface area (TPSA) is 49.2 Å². The van der Waals surface area contributed by atoms with E-state index >= 15 is 0 Å². The first-order chi connectivity index (χ1) is 14.2. The third-order valence-corrected chi connectivity index (χ3v) is 6.00. The number of pyridine rings is 1. The Morgan fingerprint density at radius 2 is 2.14 bits per heavy atom. The van der Waals surface area contributed by atoms with Crippen molar-refractivity contribution in [2.24, 2.45) is 0 Å². The van der Waals surface area contributed by atoms with Crippen LogP contribution in [0.1, 0.15) is 17.7 Å². The molecule has 1 atom stereocenters. The summed E-state index contributed by atoms with van der Waals surface area (Å²) in [6.07, 6.45) is 9.71. The zero-order valence-corrected chi connectivity index (χ0v) is 16.9. The average Bonchev–Trinajstić information content (AvgIpc) is 3.32. The third kappa shape index (κ3) is 3.67. The van der Waals surface area contributed by atoms with Crippen molar-refractivity contribution in [3.05, 3.63) is 54.1 Å². The number of fused-ring (bicyclic) bond motifs is 1. The molecule has 6 nitrogen and oxygen atoms in total. The smallest absolute Gasteiger partial charge is 0.0301 e. The molecule has 0 radical (unpaired) electrons. The molecule has 1 unspecified atom stereocenters. The molecule has 0 aromatic carbocycles. The van der Waals surface area contributed by atoms with Gasteiger partial charge in [0, 0.05) is 32.2 Å². The van der Waals surface area contributed by atoms with E-state index in [-0.39, 0.29) is 0 Å². The molecular formula is C21H23FN6Ni. The van der Waals surface area contributed by atoms with Crippen LogP contribution >= 0.6 is 0 Å². The van der Waals surface area contributed by atoms with E-state index in [1.807, 2.05) is 47.6 Å². The van der Waals surface area contributed by atoms with E-state index in [1.165, 1.54) is 0 Å². The van der Waals surface area contributed by atoms with E-state index in [0.29, 0.717) is 19.0 Å². The molecule has 2 saturated heterocycles. The van der Waals surface area contributed by atoms with E-state index in [0.717, 1.165) is 54.5 Å². The first-order valence-electron chi connectivity index (χ1n) is 9.90. The Morgan fingerprint density at radius 3 is 2.86 bits per heavy atom. The van der Waals surface area contributed by atoms with Crippen LogP contribution in [-0.4, -0.2) is 63.1 Å². The van der Waals surface area contributed by atoms with Crippen LogP contribution in [0.25, 0.3) is 11.3 Å². The maximum Gasteiger partial charge on any atom is 0.0366 e. The predicted molar refractivity (Wildman–Crippen MR) is 108 cm³/mol. The van der Waals surface area contributed by atoms with E-state index in [9.17, 15) is 4.39 Å². The molecule has 0 aliphatic carbocycles. The fourth-order valence-electron chi connectivity index (χ4n) is 4.16. The molecule has 29 heavy (non-hydrogen) atoms. The summed E-state index contributed by atoms with van der Waals surface area (Å²) in [5, 5.41) is 8.03. The summed E-state index contributed by atoms with van der Waals surface area (Å²) >= 11 is 4.59. The van der Waals surface area contributed by atoms with Crippen molar-refractivity contribution < 1.29 is 19.4 Å². The van der Waals surface area contributed by atoms with Gasteiger partial charge in [0.1, 0.15) is 6.17 Å². The van der Waals surface area contributed by atoms with Crippen LogP contribution in [0.3, 0.4) is 0 Å². The third-order valence-electron chi connectivity index (χ3n) is 5.81. The van der Waals surface area contributed by atoms with Crippen LogP contribution in [0, 0.1) is 0 Å². The molecule has 1 N–H and O–H groups in total. The minimum Gasteiger partial charge on any atom is 0.0301 e. The summed E-state index contributed by atoms with van der Waals surface area (Å²) in [6.45, 7) is 4.05. The van der Waals surface area contributed by atoms with Gasteiger partial charge in [-0.3, -0.25) is 4.90 Å². The van der Waals surface area contributed by atoms with Crippen LogP contribution < -0.4 is 10.2 Å². The Morgan fingerprint density at radius 1 is 1.24 bits per heavy atom. The Kier molecular flexibility index (Phi) is 5.06. The number of rotatable bonds is 5. The number of anilines is 1. The van der Waals surface area contributed by atoms with Gasteiger partial charge in [-0.15, -0.1) is 0 Å². The maximum absolute atomic E-state index is 13.4. The molecule has 154 valence electrons. The van der Waals surface area contributed by atoms with Crippen LogP contribution in [-0.2, 0) is 21.6 Å². The average molecular weight is 437 g/mol. The maximum atomic E-state index is 13.4. The van der Waals surface area contributed by atoms with Gasteiger partial charge in [0.2, 0.25) is 0 Å². The summed E-state index contributed by atoms with van der Waals surface area (Å²) in [5.41, 5.74) is 4.06. The number of halogens is 1. The molecule has 5 heterocycles. The van der Waals surface area contributed by atoms with Gasteiger partial charge in [-0.05, 0) is 6.42 Å². The van der Waals surface area contributed by atoms with Gasteiger partial charge < -0.3 is 0 Å². The molecule has 2 fully saturated rings. The van der Waals surface area contributed by atoms with E-state index < -0.39 is 6.17 Å². The van der Waals surface area contributed by atoms with Crippen LogP contribution in [0.5, 0.6) is 0 Å². The molecule has 5 rings (SSSR count). The minimum atomic E-state index is -0.655. The van der Waals surface area contributed by atoms with Crippen molar-refractivity contribution in [2.45, 2.75) is 25.2 Å². The quantitative estimate of drug-likeness (QED) is 0.725. The van der Waals surface area contributed by atoms with Crippen molar-refractivity contribution in [1.29, 1.82) is 0 Å². The molecule has 8 heteroatoms. The van der Waals surface area contributed by atoms with Gasteiger partial charge in [0.05, 0.1) is 0 Å². The largest absolute Gasteiger partial charge is 0.0366 e. The van der Waals surface area contributed by atoms with Crippen molar-refractivity contribution in [3.8, 4) is 5.69 Å². The number of alkyl halides is 1. The van der Waals surface area contributed by atoms with E-state index in [1.54, 1.807) is 4.99 Å². The number of nitrogens with zero attached hydrogens (tertiary/aromatic N) is 5. The summed E-state index contributed by atoms with van der Waals surface area (Å²) in [5.74, 6) is 0.963. The van der Waals surface area contributed by atoms with Gasteiger partial charge in [0.15, 0.2) is 0 Å². The summed E-state index contributed by atoms with van der Waals surface area (Å²) in [4.78, 5) is 10.8. The van der Waals surface area contributed by atoms with Crippen molar-refractivity contribution in [1.82, 2.24) is 25.0 Å². The number of aromatic nitrogens is 3. The molecule has 3 aliphatic rings. The van der Waals surface area contributed by atoms with Gasteiger partial charge in [-0.2, -0.15) is 0 Å². The van der Waals surface area contributed by atoms with Gasteiger partial charge >= 0.3 is 123 Å². The second kappa shape index (κ2) is 7.84. The molecule has 0 saturated carbocycles. The van der Waals surface area contributed by atoms with E-state index in [4.69, 9.17) is 5.10 Å². The Hall–Kier alpha value is -2.31. The van der Waals surface area contributed by atoms with Crippen molar-refractivity contribution in [3.63, 3.8) is 0 Å².